The molecule has 0 saturated heterocycles. The van der Waals surface area contributed by atoms with Crippen LogP contribution in [0.4, 0.5) is 5.69 Å². The Balaban J connectivity index is 1.73. The molecule has 1 aromatic heterocycles. The Morgan fingerprint density at radius 2 is 1.86 bits per heavy atom. The van der Waals surface area contributed by atoms with Crippen LogP contribution < -0.4 is 5.32 Å². The van der Waals surface area contributed by atoms with Crippen molar-refractivity contribution in [1.29, 1.82) is 0 Å². The van der Waals surface area contributed by atoms with Gasteiger partial charge in [0, 0.05) is 22.9 Å². The van der Waals surface area contributed by atoms with Crippen molar-refractivity contribution in [2.45, 2.75) is 17.7 Å². The van der Waals surface area contributed by atoms with E-state index >= 15 is 0 Å². The van der Waals surface area contributed by atoms with E-state index in [1.165, 1.54) is 0 Å². The lowest BCUT2D eigenvalue weighted by atomic mass is 10.1. The molecule has 0 fully saturated rings. The summed E-state index contributed by atoms with van der Waals surface area (Å²) in [7, 11) is 0. The number of anilines is 1. The Kier molecular flexibility index (Phi) is 4.39. The van der Waals surface area contributed by atoms with Crippen LogP contribution in [0.25, 0.3) is 10.9 Å². The van der Waals surface area contributed by atoms with Gasteiger partial charge in [0.1, 0.15) is 0 Å². The van der Waals surface area contributed by atoms with Gasteiger partial charge in [-0.15, -0.1) is 12.6 Å². The van der Waals surface area contributed by atoms with E-state index in [0.717, 1.165) is 33.5 Å². The molecule has 3 rings (SSSR count). The topological polar surface area (TPSA) is 42.0 Å². The summed E-state index contributed by atoms with van der Waals surface area (Å²) in [6.45, 7) is 0. The zero-order chi connectivity index (χ0) is 15.4. The fourth-order valence-electron chi connectivity index (χ4n) is 2.38. The second-order valence-corrected chi connectivity index (χ2v) is 5.55. The van der Waals surface area contributed by atoms with Crippen LogP contribution in [0.15, 0.2) is 65.7 Å². The van der Waals surface area contributed by atoms with E-state index in [0.29, 0.717) is 6.42 Å². The smallest absolute Gasteiger partial charge is 0.224 e. The number of carbonyl (C=O) groups is 1. The molecule has 0 atom stereocenters. The number of amides is 1. The lowest BCUT2D eigenvalue weighted by molar-refractivity contribution is -0.116. The maximum atomic E-state index is 12.2. The summed E-state index contributed by atoms with van der Waals surface area (Å²) in [5.74, 6) is 0.000852. The van der Waals surface area contributed by atoms with E-state index in [1.807, 2.05) is 54.6 Å². The van der Waals surface area contributed by atoms with Crippen molar-refractivity contribution in [3.63, 3.8) is 0 Å². The Morgan fingerprint density at radius 3 is 2.68 bits per heavy atom. The van der Waals surface area contributed by atoms with Gasteiger partial charge in [-0.1, -0.05) is 42.5 Å². The van der Waals surface area contributed by atoms with Gasteiger partial charge in [-0.2, -0.15) is 0 Å². The van der Waals surface area contributed by atoms with E-state index in [-0.39, 0.29) is 5.91 Å². The van der Waals surface area contributed by atoms with E-state index in [2.05, 4.69) is 22.9 Å². The minimum Gasteiger partial charge on any atom is -0.325 e. The minimum atomic E-state index is 0.000852. The summed E-state index contributed by atoms with van der Waals surface area (Å²) in [6, 6.07) is 17.6. The lowest BCUT2D eigenvalue weighted by Gasteiger charge is -2.09. The first-order chi connectivity index (χ1) is 10.7. The summed E-state index contributed by atoms with van der Waals surface area (Å²) in [5, 5.41) is 3.88. The maximum Gasteiger partial charge on any atom is 0.224 e. The fourth-order valence-corrected chi connectivity index (χ4v) is 2.65. The number of nitrogens with one attached hydrogen (secondary N) is 1. The molecule has 3 aromatic rings. The quantitative estimate of drug-likeness (QED) is 0.713. The molecule has 1 heterocycles. The van der Waals surface area contributed by atoms with Crippen molar-refractivity contribution in [2.75, 3.05) is 5.32 Å². The molecule has 0 saturated carbocycles. The molecule has 0 aliphatic rings. The summed E-state index contributed by atoms with van der Waals surface area (Å²) < 4.78 is 0. The highest BCUT2D eigenvalue weighted by atomic mass is 32.1. The third-order valence-corrected chi connectivity index (χ3v) is 3.87. The van der Waals surface area contributed by atoms with Crippen molar-refractivity contribution in [3.8, 4) is 0 Å². The Labute approximate surface area is 134 Å². The Hall–Kier alpha value is -2.33. The number of rotatable bonds is 4. The molecular formula is C18H16N2OS. The minimum absolute atomic E-state index is 0.000852. The molecule has 3 nitrogen and oxygen atoms in total. The van der Waals surface area contributed by atoms with Crippen LogP contribution in [-0.2, 0) is 11.2 Å². The first-order valence-corrected chi connectivity index (χ1v) is 7.59. The van der Waals surface area contributed by atoms with Gasteiger partial charge in [-0.05, 0) is 24.1 Å². The van der Waals surface area contributed by atoms with Crippen LogP contribution in [0.3, 0.4) is 0 Å². The van der Waals surface area contributed by atoms with Gasteiger partial charge in [0.2, 0.25) is 5.91 Å². The molecule has 0 bridgehead atoms. The van der Waals surface area contributed by atoms with E-state index in [9.17, 15) is 4.79 Å². The highest BCUT2D eigenvalue weighted by Crippen LogP contribution is 2.26. The van der Waals surface area contributed by atoms with Crippen LogP contribution in [0, 0.1) is 0 Å². The summed E-state index contributed by atoms with van der Waals surface area (Å²) >= 11 is 4.40. The molecule has 0 aliphatic carbocycles. The zero-order valence-corrected chi connectivity index (χ0v) is 12.9. The van der Waals surface area contributed by atoms with Crippen molar-refractivity contribution >= 4 is 35.1 Å². The largest absolute Gasteiger partial charge is 0.325 e. The number of carbonyl (C=O) groups excluding carboxylic acids is 1. The number of nitrogens with zero attached hydrogens (tertiary/aromatic N) is 1. The van der Waals surface area contributed by atoms with Crippen molar-refractivity contribution in [2.24, 2.45) is 0 Å². The molecule has 0 radical (unpaired) electrons. The molecule has 1 N–H and O–H groups in total. The molecule has 2 aromatic carbocycles. The number of pyridine rings is 1. The van der Waals surface area contributed by atoms with Gasteiger partial charge in [0.25, 0.3) is 0 Å². The zero-order valence-electron chi connectivity index (χ0n) is 12.0. The second-order valence-electron chi connectivity index (χ2n) is 5.07. The third kappa shape index (κ3) is 3.28. The number of para-hydroxylation sites is 1. The number of fused-ring (bicyclic) bond motifs is 1. The van der Waals surface area contributed by atoms with Crippen molar-refractivity contribution in [1.82, 2.24) is 4.98 Å². The molecule has 22 heavy (non-hydrogen) atoms. The maximum absolute atomic E-state index is 12.2. The molecule has 110 valence electrons. The summed E-state index contributed by atoms with van der Waals surface area (Å²) in [6.07, 6.45) is 2.87. The van der Waals surface area contributed by atoms with Crippen molar-refractivity contribution < 1.29 is 4.79 Å². The van der Waals surface area contributed by atoms with E-state index in [4.69, 9.17) is 0 Å². The number of thiol groups is 1. The number of hydrogen-bond donors (Lipinski definition) is 2. The molecule has 0 spiro atoms. The average molecular weight is 308 g/mol. The second kappa shape index (κ2) is 6.62. The normalized spacial score (nSPS) is 10.6. The highest BCUT2D eigenvalue weighted by Gasteiger charge is 2.08. The van der Waals surface area contributed by atoms with Crippen LogP contribution >= 0.6 is 12.6 Å². The van der Waals surface area contributed by atoms with Gasteiger partial charge in [0.05, 0.1) is 11.2 Å². The van der Waals surface area contributed by atoms with Gasteiger partial charge >= 0.3 is 0 Å². The Bertz CT molecular complexity index is 803. The molecular weight excluding hydrogens is 292 g/mol. The average Bonchev–Trinajstić information content (AvgIpc) is 2.55. The van der Waals surface area contributed by atoms with E-state index in [1.54, 1.807) is 6.20 Å². The molecule has 0 unspecified atom stereocenters. The Morgan fingerprint density at radius 1 is 1.05 bits per heavy atom. The van der Waals surface area contributed by atoms with Gasteiger partial charge in [-0.25, -0.2) is 0 Å². The number of aryl methyl sites for hydroxylation is 1. The number of benzene rings is 2. The predicted octanol–water partition coefficient (Wildman–Crippen LogP) is 4.09. The first-order valence-electron chi connectivity index (χ1n) is 7.14. The number of hydrogen-bond acceptors (Lipinski definition) is 3. The third-order valence-electron chi connectivity index (χ3n) is 3.51. The van der Waals surface area contributed by atoms with Crippen LogP contribution in [-0.4, -0.2) is 10.9 Å². The van der Waals surface area contributed by atoms with Gasteiger partial charge < -0.3 is 5.32 Å². The predicted molar refractivity (Wildman–Crippen MR) is 92.4 cm³/mol. The van der Waals surface area contributed by atoms with Gasteiger partial charge in [0.15, 0.2) is 0 Å². The summed E-state index contributed by atoms with van der Waals surface area (Å²) in [5.41, 5.74) is 2.74. The highest BCUT2D eigenvalue weighted by molar-refractivity contribution is 7.80. The molecule has 0 aliphatic heterocycles. The van der Waals surface area contributed by atoms with E-state index < -0.39 is 0 Å². The van der Waals surface area contributed by atoms with Crippen LogP contribution in [0.1, 0.15) is 12.0 Å². The number of aromatic nitrogens is 1. The van der Waals surface area contributed by atoms with Crippen LogP contribution in [0.2, 0.25) is 0 Å². The SMILES string of the molecule is O=C(CCc1ccccc1)Nc1ccnc2c(S)cccc12. The summed E-state index contributed by atoms with van der Waals surface area (Å²) in [4.78, 5) is 17.3. The molecule has 1 amide bonds. The lowest BCUT2D eigenvalue weighted by Crippen LogP contribution is -2.12. The standard InChI is InChI=1S/C18H16N2OS/c21-17(10-9-13-5-2-1-3-6-13)20-15-11-12-19-18-14(15)7-4-8-16(18)22/h1-8,11-12,22H,9-10H2,(H,19,20,21). The van der Waals surface area contributed by atoms with Crippen molar-refractivity contribution in [3.05, 3.63) is 66.4 Å². The van der Waals surface area contributed by atoms with Crippen LogP contribution in [0.5, 0.6) is 0 Å². The monoisotopic (exact) mass is 308 g/mol. The first kappa shape index (κ1) is 14.6. The molecule has 4 heteroatoms. The van der Waals surface area contributed by atoms with Gasteiger partial charge in [-0.3, -0.25) is 9.78 Å². The fraction of sp³-hybridized carbons (Fsp3) is 0.111.